The zero-order valence-corrected chi connectivity index (χ0v) is 7.33. The van der Waals surface area contributed by atoms with Crippen LogP contribution < -0.4 is 0 Å². The predicted octanol–water partition coefficient (Wildman–Crippen LogP) is 1.29. The Hall–Kier alpha value is -1.19. The Bertz CT molecular complexity index is 268. The van der Waals surface area contributed by atoms with Crippen LogP contribution >= 0.6 is 0 Å². The SMILES string of the molecule is CCC(=O)CCc1nc(C)no1. The molecule has 0 aliphatic carbocycles. The molecule has 1 heterocycles. The molecule has 0 aliphatic heterocycles. The summed E-state index contributed by atoms with van der Waals surface area (Å²) in [6, 6.07) is 0. The lowest BCUT2D eigenvalue weighted by molar-refractivity contribution is -0.118. The van der Waals surface area contributed by atoms with E-state index in [1.54, 1.807) is 6.92 Å². The zero-order chi connectivity index (χ0) is 8.97. The first kappa shape index (κ1) is 8.90. The van der Waals surface area contributed by atoms with Gasteiger partial charge in [-0.1, -0.05) is 12.1 Å². The number of carbonyl (C=O) groups excluding carboxylic acids is 1. The Kier molecular flexibility index (Phi) is 2.96. The summed E-state index contributed by atoms with van der Waals surface area (Å²) >= 11 is 0. The van der Waals surface area contributed by atoms with E-state index >= 15 is 0 Å². The maximum absolute atomic E-state index is 10.9. The van der Waals surface area contributed by atoms with Crippen molar-refractivity contribution >= 4 is 5.78 Å². The van der Waals surface area contributed by atoms with Gasteiger partial charge in [-0.15, -0.1) is 0 Å². The van der Waals surface area contributed by atoms with Crippen LogP contribution in [-0.4, -0.2) is 15.9 Å². The van der Waals surface area contributed by atoms with E-state index in [1.807, 2.05) is 6.92 Å². The minimum absolute atomic E-state index is 0.228. The first-order valence-corrected chi connectivity index (χ1v) is 4.03. The predicted molar refractivity (Wildman–Crippen MR) is 42.7 cm³/mol. The number of aromatic nitrogens is 2. The molecule has 0 aromatic carbocycles. The highest BCUT2D eigenvalue weighted by atomic mass is 16.5. The minimum Gasteiger partial charge on any atom is -0.339 e. The van der Waals surface area contributed by atoms with Gasteiger partial charge in [0.25, 0.3) is 0 Å². The topological polar surface area (TPSA) is 56.0 Å². The van der Waals surface area contributed by atoms with Gasteiger partial charge in [0, 0.05) is 19.3 Å². The highest BCUT2D eigenvalue weighted by Gasteiger charge is 2.04. The Balaban J connectivity index is 2.38. The second kappa shape index (κ2) is 3.99. The molecule has 0 aliphatic rings. The maximum Gasteiger partial charge on any atom is 0.227 e. The van der Waals surface area contributed by atoms with Gasteiger partial charge in [0.05, 0.1) is 0 Å². The molecule has 0 fully saturated rings. The van der Waals surface area contributed by atoms with Crippen LogP contribution in [-0.2, 0) is 11.2 Å². The molecule has 1 rings (SSSR count). The molecule has 66 valence electrons. The smallest absolute Gasteiger partial charge is 0.227 e. The average molecular weight is 168 g/mol. The zero-order valence-electron chi connectivity index (χ0n) is 7.33. The second-order valence-corrected chi connectivity index (χ2v) is 2.63. The van der Waals surface area contributed by atoms with E-state index < -0.39 is 0 Å². The number of nitrogens with zero attached hydrogens (tertiary/aromatic N) is 2. The van der Waals surface area contributed by atoms with Crippen LogP contribution in [0.25, 0.3) is 0 Å². The van der Waals surface area contributed by atoms with E-state index in [0.29, 0.717) is 31.0 Å². The molecule has 0 bridgehead atoms. The molecule has 0 N–H and O–H groups in total. The Morgan fingerprint density at radius 1 is 1.58 bits per heavy atom. The normalized spacial score (nSPS) is 10.2. The van der Waals surface area contributed by atoms with Gasteiger partial charge in [0.2, 0.25) is 5.89 Å². The number of rotatable bonds is 4. The van der Waals surface area contributed by atoms with Gasteiger partial charge in [-0.05, 0) is 6.92 Å². The first-order chi connectivity index (χ1) is 5.72. The molecular formula is C8H12N2O2. The van der Waals surface area contributed by atoms with Gasteiger partial charge in [0.1, 0.15) is 5.78 Å². The van der Waals surface area contributed by atoms with E-state index in [2.05, 4.69) is 10.1 Å². The monoisotopic (exact) mass is 168 g/mol. The molecule has 12 heavy (non-hydrogen) atoms. The molecule has 0 saturated heterocycles. The largest absolute Gasteiger partial charge is 0.339 e. The summed E-state index contributed by atoms with van der Waals surface area (Å²) in [7, 11) is 0. The van der Waals surface area contributed by atoms with E-state index in [4.69, 9.17) is 4.52 Å². The summed E-state index contributed by atoms with van der Waals surface area (Å²) in [5.41, 5.74) is 0. The number of hydrogen-bond donors (Lipinski definition) is 0. The van der Waals surface area contributed by atoms with Crippen LogP contribution in [0.2, 0.25) is 0 Å². The van der Waals surface area contributed by atoms with Crippen molar-refractivity contribution in [2.24, 2.45) is 0 Å². The lowest BCUT2D eigenvalue weighted by Gasteiger charge is -1.91. The van der Waals surface area contributed by atoms with E-state index in [0.717, 1.165) is 0 Å². The van der Waals surface area contributed by atoms with Crippen molar-refractivity contribution in [3.05, 3.63) is 11.7 Å². The third-order valence-corrected chi connectivity index (χ3v) is 1.58. The highest BCUT2D eigenvalue weighted by molar-refractivity contribution is 5.78. The Labute approximate surface area is 71.0 Å². The number of Topliss-reactive ketones (excluding diaryl/α,β-unsaturated/α-hetero) is 1. The van der Waals surface area contributed by atoms with Crippen molar-refractivity contribution in [2.75, 3.05) is 0 Å². The third-order valence-electron chi connectivity index (χ3n) is 1.58. The molecule has 0 unspecified atom stereocenters. The summed E-state index contributed by atoms with van der Waals surface area (Å²) in [6.45, 7) is 3.61. The van der Waals surface area contributed by atoms with E-state index in [-0.39, 0.29) is 5.78 Å². The van der Waals surface area contributed by atoms with Crippen molar-refractivity contribution in [2.45, 2.75) is 33.1 Å². The van der Waals surface area contributed by atoms with Crippen LogP contribution in [0.15, 0.2) is 4.52 Å². The van der Waals surface area contributed by atoms with Gasteiger partial charge >= 0.3 is 0 Å². The Morgan fingerprint density at radius 2 is 2.33 bits per heavy atom. The average Bonchev–Trinajstić information content (AvgIpc) is 2.47. The van der Waals surface area contributed by atoms with E-state index in [9.17, 15) is 4.79 Å². The van der Waals surface area contributed by atoms with Gasteiger partial charge in [0.15, 0.2) is 5.82 Å². The molecule has 0 atom stereocenters. The molecule has 0 amide bonds. The van der Waals surface area contributed by atoms with Crippen LogP contribution in [0.5, 0.6) is 0 Å². The van der Waals surface area contributed by atoms with Crippen LogP contribution in [0, 0.1) is 6.92 Å². The fraction of sp³-hybridized carbons (Fsp3) is 0.625. The molecule has 1 aromatic rings. The number of ketones is 1. The quantitative estimate of drug-likeness (QED) is 0.679. The third kappa shape index (κ3) is 2.45. The molecule has 0 saturated carbocycles. The van der Waals surface area contributed by atoms with E-state index in [1.165, 1.54) is 0 Å². The summed E-state index contributed by atoms with van der Waals surface area (Å²) in [4.78, 5) is 14.9. The second-order valence-electron chi connectivity index (χ2n) is 2.63. The first-order valence-electron chi connectivity index (χ1n) is 4.03. The molecule has 0 radical (unpaired) electrons. The van der Waals surface area contributed by atoms with Crippen molar-refractivity contribution in [3.8, 4) is 0 Å². The summed E-state index contributed by atoms with van der Waals surface area (Å²) < 4.78 is 4.85. The van der Waals surface area contributed by atoms with Gasteiger partial charge in [-0.3, -0.25) is 4.79 Å². The van der Waals surface area contributed by atoms with Crippen LogP contribution in [0.1, 0.15) is 31.5 Å². The van der Waals surface area contributed by atoms with Gasteiger partial charge in [-0.2, -0.15) is 4.98 Å². The van der Waals surface area contributed by atoms with Gasteiger partial charge in [-0.25, -0.2) is 0 Å². The molecular weight excluding hydrogens is 156 g/mol. The van der Waals surface area contributed by atoms with Gasteiger partial charge < -0.3 is 4.52 Å². The molecule has 0 spiro atoms. The van der Waals surface area contributed by atoms with Crippen LogP contribution in [0.3, 0.4) is 0 Å². The van der Waals surface area contributed by atoms with Crippen molar-refractivity contribution in [1.29, 1.82) is 0 Å². The number of aryl methyl sites for hydroxylation is 2. The fourth-order valence-corrected chi connectivity index (χ4v) is 0.865. The Morgan fingerprint density at radius 3 is 2.83 bits per heavy atom. The lowest BCUT2D eigenvalue weighted by atomic mass is 10.2. The number of hydrogen-bond acceptors (Lipinski definition) is 4. The molecule has 4 nitrogen and oxygen atoms in total. The standard InChI is InChI=1S/C8H12N2O2/c1-3-7(11)4-5-8-9-6(2)10-12-8/h3-5H2,1-2H3. The fourth-order valence-electron chi connectivity index (χ4n) is 0.865. The minimum atomic E-state index is 0.228. The van der Waals surface area contributed by atoms with Crippen LogP contribution in [0.4, 0.5) is 0 Å². The van der Waals surface area contributed by atoms with Crippen molar-refractivity contribution < 1.29 is 9.32 Å². The van der Waals surface area contributed by atoms with Crippen molar-refractivity contribution in [1.82, 2.24) is 10.1 Å². The highest BCUT2D eigenvalue weighted by Crippen LogP contribution is 2.01. The molecule has 4 heteroatoms. The van der Waals surface area contributed by atoms with Crippen molar-refractivity contribution in [3.63, 3.8) is 0 Å². The number of carbonyl (C=O) groups is 1. The lowest BCUT2D eigenvalue weighted by Crippen LogP contribution is -1.97. The summed E-state index contributed by atoms with van der Waals surface area (Å²) in [5.74, 6) is 1.40. The summed E-state index contributed by atoms with van der Waals surface area (Å²) in [5, 5.41) is 3.62. The summed E-state index contributed by atoms with van der Waals surface area (Å²) in [6.07, 6.45) is 1.64. The maximum atomic E-state index is 10.9. The molecule has 1 aromatic heterocycles.